The number of fused-ring (bicyclic) bond motifs is 1. The summed E-state index contributed by atoms with van der Waals surface area (Å²) in [7, 11) is 1.36. The molecule has 4 aromatic rings. The van der Waals surface area contributed by atoms with Gasteiger partial charge in [0, 0.05) is 62.0 Å². The van der Waals surface area contributed by atoms with Gasteiger partial charge in [0.15, 0.2) is 6.79 Å². The van der Waals surface area contributed by atoms with Crippen LogP contribution in [0, 0.1) is 0 Å². The van der Waals surface area contributed by atoms with Crippen molar-refractivity contribution in [2.75, 3.05) is 58.5 Å². The number of methoxy groups -OCH3 is 2. The van der Waals surface area contributed by atoms with Gasteiger partial charge in [0.05, 0.1) is 62.3 Å². The standard InChI is InChI=1S/C26H31N5O7S/c1-30-17-19(15-28-30)26-16-27-24-6-5-20(13-25(24)29-26)31(7-8-38-39(4,32)33)21-11-22(35-3)14-23(12-21)37-18-36-10-9-34-2/h5-6,11-17H,7-10,18H2,1-4H3. The van der Waals surface area contributed by atoms with E-state index in [-0.39, 0.29) is 19.9 Å². The third-order valence-electron chi connectivity index (χ3n) is 5.60. The summed E-state index contributed by atoms with van der Waals surface area (Å²) in [5.74, 6) is 1.06. The van der Waals surface area contributed by atoms with Crippen LogP contribution in [-0.2, 0) is 30.8 Å². The molecule has 0 saturated heterocycles. The van der Waals surface area contributed by atoms with Crippen LogP contribution in [0.1, 0.15) is 0 Å². The predicted octanol–water partition coefficient (Wildman–Crippen LogP) is 3.15. The summed E-state index contributed by atoms with van der Waals surface area (Å²) in [6.07, 6.45) is 6.32. The van der Waals surface area contributed by atoms with E-state index in [1.165, 1.54) is 0 Å². The summed E-state index contributed by atoms with van der Waals surface area (Å²) in [5, 5.41) is 4.21. The van der Waals surface area contributed by atoms with Crippen LogP contribution in [0.3, 0.4) is 0 Å². The minimum atomic E-state index is -3.63. The van der Waals surface area contributed by atoms with Crippen LogP contribution in [0.2, 0.25) is 0 Å². The van der Waals surface area contributed by atoms with Crippen molar-refractivity contribution in [3.8, 4) is 22.8 Å². The smallest absolute Gasteiger partial charge is 0.264 e. The lowest BCUT2D eigenvalue weighted by atomic mass is 10.2. The molecule has 39 heavy (non-hydrogen) atoms. The molecule has 0 aliphatic heterocycles. The zero-order valence-electron chi connectivity index (χ0n) is 22.2. The first-order valence-electron chi connectivity index (χ1n) is 12.0. The number of hydrogen-bond acceptors (Lipinski definition) is 11. The molecule has 0 amide bonds. The lowest BCUT2D eigenvalue weighted by Crippen LogP contribution is -2.24. The summed E-state index contributed by atoms with van der Waals surface area (Å²) in [6.45, 7) is 1.00. The lowest BCUT2D eigenvalue weighted by Gasteiger charge is -2.26. The molecule has 208 valence electrons. The minimum Gasteiger partial charge on any atom is -0.497 e. The average molecular weight is 558 g/mol. The van der Waals surface area contributed by atoms with Gasteiger partial charge in [0.25, 0.3) is 10.1 Å². The van der Waals surface area contributed by atoms with Gasteiger partial charge in [-0.25, -0.2) is 4.98 Å². The van der Waals surface area contributed by atoms with E-state index in [2.05, 4.69) is 10.1 Å². The number of aryl methyl sites for hydroxylation is 1. The molecule has 2 heterocycles. The normalized spacial score (nSPS) is 11.6. The second-order valence-electron chi connectivity index (χ2n) is 8.54. The van der Waals surface area contributed by atoms with Crippen LogP contribution in [0.5, 0.6) is 11.5 Å². The number of hydrogen-bond donors (Lipinski definition) is 0. The first kappa shape index (κ1) is 28.2. The Balaban J connectivity index is 1.69. The van der Waals surface area contributed by atoms with E-state index < -0.39 is 10.1 Å². The Kier molecular flexibility index (Phi) is 9.30. The Hall–Kier alpha value is -3.78. The highest BCUT2D eigenvalue weighted by Crippen LogP contribution is 2.34. The second-order valence-corrected chi connectivity index (χ2v) is 10.2. The number of anilines is 2. The van der Waals surface area contributed by atoms with Gasteiger partial charge < -0.3 is 23.8 Å². The molecule has 2 aromatic heterocycles. The molecule has 0 bridgehead atoms. The molecular formula is C26H31N5O7S. The molecule has 0 aliphatic carbocycles. The van der Waals surface area contributed by atoms with E-state index >= 15 is 0 Å². The predicted molar refractivity (Wildman–Crippen MR) is 146 cm³/mol. The fourth-order valence-corrected chi connectivity index (χ4v) is 4.15. The maximum atomic E-state index is 11.7. The molecule has 0 fully saturated rings. The molecule has 0 saturated carbocycles. The summed E-state index contributed by atoms with van der Waals surface area (Å²) in [6, 6.07) is 11.0. The number of rotatable bonds is 14. The Labute approximate surface area is 227 Å². The fourth-order valence-electron chi connectivity index (χ4n) is 3.77. The Morgan fingerprint density at radius 3 is 2.49 bits per heavy atom. The Morgan fingerprint density at radius 1 is 0.949 bits per heavy atom. The zero-order valence-corrected chi connectivity index (χ0v) is 23.1. The first-order valence-corrected chi connectivity index (χ1v) is 13.8. The molecular weight excluding hydrogens is 526 g/mol. The van der Waals surface area contributed by atoms with Crippen LogP contribution < -0.4 is 14.4 Å². The molecule has 0 aliphatic rings. The van der Waals surface area contributed by atoms with Gasteiger partial charge in [-0.15, -0.1) is 0 Å². The van der Waals surface area contributed by atoms with Crippen LogP contribution in [0.15, 0.2) is 55.0 Å². The third-order valence-corrected chi connectivity index (χ3v) is 6.20. The number of nitrogens with zero attached hydrogens (tertiary/aromatic N) is 5. The fraction of sp³-hybridized carbons (Fsp3) is 0.346. The maximum Gasteiger partial charge on any atom is 0.264 e. The molecule has 0 unspecified atom stereocenters. The van der Waals surface area contributed by atoms with Crippen LogP contribution in [0.25, 0.3) is 22.3 Å². The Morgan fingerprint density at radius 2 is 1.77 bits per heavy atom. The van der Waals surface area contributed by atoms with Crippen molar-refractivity contribution >= 4 is 32.5 Å². The van der Waals surface area contributed by atoms with Gasteiger partial charge >= 0.3 is 0 Å². The van der Waals surface area contributed by atoms with Gasteiger partial charge in [-0.2, -0.15) is 13.5 Å². The zero-order chi connectivity index (χ0) is 27.8. The molecule has 0 atom stereocenters. The Bertz CT molecular complexity index is 1510. The number of benzene rings is 2. The highest BCUT2D eigenvalue weighted by Gasteiger charge is 2.16. The molecule has 13 heteroatoms. The topological polar surface area (TPSA) is 127 Å². The van der Waals surface area contributed by atoms with Crippen molar-refractivity contribution in [1.29, 1.82) is 0 Å². The maximum absolute atomic E-state index is 11.7. The largest absolute Gasteiger partial charge is 0.497 e. The van der Waals surface area contributed by atoms with Gasteiger partial charge in [-0.05, 0) is 18.2 Å². The van der Waals surface area contributed by atoms with Crippen molar-refractivity contribution < 1.29 is 31.5 Å². The third kappa shape index (κ3) is 7.86. The highest BCUT2D eigenvalue weighted by molar-refractivity contribution is 7.85. The van der Waals surface area contributed by atoms with Crippen LogP contribution in [0.4, 0.5) is 11.4 Å². The van der Waals surface area contributed by atoms with Gasteiger partial charge in [0.1, 0.15) is 11.5 Å². The van der Waals surface area contributed by atoms with Gasteiger partial charge in [0.2, 0.25) is 0 Å². The summed E-state index contributed by atoms with van der Waals surface area (Å²) < 4.78 is 51.7. The van der Waals surface area contributed by atoms with Crippen molar-refractivity contribution in [2.45, 2.75) is 0 Å². The summed E-state index contributed by atoms with van der Waals surface area (Å²) in [5.41, 5.74) is 4.33. The van der Waals surface area contributed by atoms with Crippen LogP contribution >= 0.6 is 0 Å². The van der Waals surface area contributed by atoms with Gasteiger partial charge in [-0.1, -0.05) is 0 Å². The number of ether oxygens (including phenoxy) is 4. The van der Waals surface area contributed by atoms with E-state index in [9.17, 15) is 8.42 Å². The second kappa shape index (κ2) is 12.8. The van der Waals surface area contributed by atoms with Crippen molar-refractivity contribution in [2.24, 2.45) is 7.05 Å². The molecule has 0 radical (unpaired) electrons. The van der Waals surface area contributed by atoms with E-state index in [4.69, 9.17) is 28.1 Å². The van der Waals surface area contributed by atoms with E-state index in [1.54, 1.807) is 37.4 Å². The quantitative estimate of drug-likeness (QED) is 0.129. The SMILES string of the molecule is COCCOCOc1cc(OC)cc(N(CCOS(C)(=O)=O)c2ccc3ncc(-c4cnn(C)c4)nc3c2)c1. The molecule has 0 spiro atoms. The monoisotopic (exact) mass is 557 g/mol. The highest BCUT2D eigenvalue weighted by atomic mass is 32.2. The molecule has 0 N–H and O–H groups in total. The van der Waals surface area contributed by atoms with E-state index in [0.29, 0.717) is 47.1 Å². The van der Waals surface area contributed by atoms with Gasteiger partial charge in [-0.3, -0.25) is 13.8 Å². The summed E-state index contributed by atoms with van der Waals surface area (Å²) in [4.78, 5) is 11.2. The van der Waals surface area contributed by atoms with Crippen molar-refractivity contribution in [3.63, 3.8) is 0 Å². The van der Waals surface area contributed by atoms with E-state index in [1.807, 2.05) is 48.5 Å². The average Bonchev–Trinajstić information content (AvgIpc) is 3.36. The molecule has 2 aromatic carbocycles. The number of aromatic nitrogens is 4. The van der Waals surface area contributed by atoms with Crippen LogP contribution in [-0.4, -0.2) is 81.8 Å². The van der Waals surface area contributed by atoms with E-state index in [0.717, 1.165) is 17.5 Å². The summed E-state index contributed by atoms with van der Waals surface area (Å²) >= 11 is 0. The minimum absolute atomic E-state index is 0.0237. The van der Waals surface area contributed by atoms with Crippen molar-refractivity contribution in [1.82, 2.24) is 19.7 Å². The molecule has 12 nitrogen and oxygen atoms in total. The lowest BCUT2D eigenvalue weighted by molar-refractivity contribution is -0.00851. The van der Waals surface area contributed by atoms with Crippen molar-refractivity contribution in [3.05, 3.63) is 55.0 Å². The molecule has 4 rings (SSSR count). The first-order chi connectivity index (χ1) is 18.8.